The molecule has 2 amide bonds. The lowest BCUT2D eigenvalue weighted by atomic mass is 10.2. The van der Waals surface area contributed by atoms with Crippen molar-refractivity contribution >= 4 is 22.7 Å². The molecule has 1 aliphatic rings. The fraction of sp³-hybridized carbons (Fsp3) is 0.286. The normalized spacial score (nSPS) is 13.6. The molecule has 0 atom stereocenters. The maximum absolute atomic E-state index is 12.7. The molecule has 4 rings (SSSR count). The van der Waals surface area contributed by atoms with E-state index in [1.165, 1.54) is 12.3 Å². The number of para-hydroxylation sites is 1. The highest BCUT2D eigenvalue weighted by molar-refractivity contribution is 5.97. The van der Waals surface area contributed by atoms with Crippen LogP contribution in [0.15, 0.2) is 47.4 Å². The summed E-state index contributed by atoms with van der Waals surface area (Å²) in [7, 11) is 3.35. The highest BCUT2D eigenvalue weighted by atomic mass is 16.5. The number of hydrogen-bond donors (Lipinski definition) is 2. The number of fused-ring (bicyclic) bond motifs is 2. The van der Waals surface area contributed by atoms with Gasteiger partial charge in [-0.15, -0.1) is 0 Å². The van der Waals surface area contributed by atoms with E-state index >= 15 is 0 Å². The zero-order valence-corrected chi connectivity index (χ0v) is 16.8. The number of nitrogens with one attached hydrogen (secondary N) is 2. The first-order valence-electron chi connectivity index (χ1n) is 9.59. The van der Waals surface area contributed by atoms with Gasteiger partial charge in [0.05, 0.1) is 13.2 Å². The summed E-state index contributed by atoms with van der Waals surface area (Å²) in [5.74, 6) is -0.760. The first kappa shape index (κ1) is 19.7. The average molecular weight is 409 g/mol. The quantitative estimate of drug-likeness (QED) is 0.630. The molecule has 9 heteroatoms. The van der Waals surface area contributed by atoms with Gasteiger partial charge in [-0.3, -0.25) is 24.1 Å². The third-order valence-corrected chi connectivity index (χ3v) is 5.12. The molecular formula is C21H23N5O4. The Kier molecular flexibility index (Phi) is 5.28. The van der Waals surface area contributed by atoms with Crippen molar-refractivity contribution in [2.75, 3.05) is 39.0 Å². The van der Waals surface area contributed by atoms with Crippen LogP contribution in [0.1, 0.15) is 26.5 Å². The van der Waals surface area contributed by atoms with Crippen LogP contribution in [0.5, 0.6) is 0 Å². The van der Waals surface area contributed by atoms with Gasteiger partial charge in [-0.05, 0) is 17.5 Å². The second-order valence-electron chi connectivity index (χ2n) is 7.21. The molecule has 2 aromatic heterocycles. The number of H-pyrrole nitrogens is 1. The molecule has 0 unspecified atom stereocenters. The highest BCUT2D eigenvalue weighted by Gasteiger charge is 2.28. The Hall–Kier alpha value is -3.59. The second-order valence-corrected chi connectivity index (χ2v) is 7.21. The zero-order chi connectivity index (χ0) is 21.3. The Morgan fingerprint density at radius 1 is 1.23 bits per heavy atom. The molecule has 0 fully saturated rings. The maximum atomic E-state index is 12.7. The first-order valence-corrected chi connectivity index (χ1v) is 9.59. The van der Waals surface area contributed by atoms with Gasteiger partial charge >= 0.3 is 0 Å². The van der Waals surface area contributed by atoms with Gasteiger partial charge < -0.3 is 19.9 Å². The van der Waals surface area contributed by atoms with E-state index in [0.717, 1.165) is 16.6 Å². The predicted octanol–water partition coefficient (Wildman–Crippen LogP) is 0.887. The minimum absolute atomic E-state index is 0.0140. The predicted molar refractivity (Wildman–Crippen MR) is 112 cm³/mol. The van der Waals surface area contributed by atoms with Crippen LogP contribution in [0, 0.1) is 0 Å². The average Bonchev–Trinajstić information content (AvgIpc) is 3.16. The molecule has 2 N–H and O–H groups in total. The van der Waals surface area contributed by atoms with Crippen LogP contribution < -0.4 is 15.8 Å². The zero-order valence-electron chi connectivity index (χ0n) is 16.8. The molecule has 3 aromatic rings. The molecule has 30 heavy (non-hydrogen) atoms. The van der Waals surface area contributed by atoms with Crippen LogP contribution in [0.2, 0.25) is 0 Å². The standard InChI is InChI=1S/C21H23N5O4/c1-24-13-25(7-8-30-2)21(29)18-10-19(27)16(12-26(18)24)20(28)22-11-15-9-14-5-3-4-6-17(14)23-15/h3-6,9-10,12,23H,7-8,11,13H2,1-2H3,(H,22,28). The van der Waals surface area contributed by atoms with Gasteiger partial charge in [-0.1, -0.05) is 18.2 Å². The monoisotopic (exact) mass is 409 g/mol. The van der Waals surface area contributed by atoms with Crippen molar-refractivity contribution in [2.45, 2.75) is 6.54 Å². The summed E-state index contributed by atoms with van der Waals surface area (Å²) in [5, 5.41) is 5.59. The van der Waals surface area contributed by atoms with E-state index in [2.05, 4.69) is 10.3 Å². The van der Waals surface area contributed by atoms with Gasteiger partial charge in [0.2, 0.25) is 0 Å². The molecule has 0 aliphatic carbocycles. The Morgan fingerprint density at radius 2 is 2.03 bits per heavy atom. The van der Waals surface area contributed by atoms with E-state index in [4.69, 9.17) is 4.74 Å². The van der Waals surface area contributed by atoms with E-state index in [1.54, 1.807) is 28.7 Å². The molecule has 1 aromatic carbocycles. The molecule has 156 valence electrons. The van der Waals surface area contributed by atoms with Crippen LogP contribution in [0.3, 0.4) is 0 Å². The van der Waals surface area contributed by atoms with Gasteiger partial charge in [0.25, 0.3) is 11.8 Å². The lowest BCUT2D eigenvalue weighted by Gasteiger charge is -2.37. The number of amides is 2. The number of ether oxygens (including phenoxy) is 1. The van der Waals surface area contributed by atoms with Crippen molar-refractivity contribution in [2.24, 2.45) is 0 Å². The molecule has 0 spiro atoms. The molecule has 3 heterocycles. The minimum atomic E-state index is -0.495. The summed E-state index contributed by atoms with van der Waals surface area (Å²) in [5.41, 5.74) is 1.53. The van der Waals surface area contributed by atoms with Crippen LogP contribution in [-0.4, -0.2) is 60.4 Å². The van der Waals surface area contributed by atoms with Gasteiger partial charge in [0.1, 0.15) is 17.9 Å². The number of aromatic nitrogens is 2. The number of methoxy groups -OCH3 is 1. The number of carbonyl (C=O) groups excluding carboxylic acids is 2. The molecule has 0 radical (unpaired) electrons. The lowest BCUT2D eigenvalue weighted by Crippen LogP contribution is -2.53. The summed E-state index contributed by atoms with van der Waals surface area (Å²) in [6.45, 7) is 1.40. The second kappa shape index (κ2) is 8.03. The van der Waals surface area contributed by atoms with Gasteiger partial charge in [0, 0.05) is 44.2 Å². The van der Waals surface area contributed by atoms with Gasteiger partial charge in [-0.2, -0.15) is 0 Å². The smallest absolute Gasteiger partial charge is 0.274 e. The molecule has 9 nitrogen and oxygen atoms in total. The van der Waals surface area contributed by atoms with E-state index < -0.39 is 11.3 Å². The molecule has 0 saturated carbocycles. The Balaban J connectivity index is 1.53. The molecule has 1 aliphatic heterocycles. The van der Waals surface area contributed by atoms with Crippen molar-refractivity contribution in [1.29, 1.82) is 0 Å². The van der Waals surface area contributed by atoms with Crippen LogP contribution in [-0.2, 0) is 11.3 Å². The largest absolute Gasteiger partial charge is 0.383 e. The van der Waals surface area contributed by atoms with Crippen molar-refractivity contribution < 1.29 is 14.3 Å². The van der Waals surface area contributed by atoms with Crippen molar-refractivity contribution in [3.63, 3.8) is 0 Å². The van der Waals surface area contributed by atoms with Gasteiger partial charge in [-0.25, -0.2) is 0 Å². The Labute approximate surface area is 172 Å². The van der Waals surface area contributed by atoms with Crippen LogP contribution in [0.4, 0.5) is 0 Å². The highest BCUT2D eigenvalue weighted by Crippen LogP contribution is 2.15. The fourth-order valence-electron chi connectivity index (χ4n) is 3.55. The van der Waals surface area contributed by atoms with Crippen molar-refractivity contribution in [3.8, 4) is 0 Å². The van der Waals surface area contributed by atoms with E-state index in [9.17, 15) is 14.4 Å². The fourth-order valence-corrected chi connectivity index (χ4v) is 3.55. The molecule has 0 bridgehead atoms. The summed E-state index contributed by atoms with van der Waals surface area (Å²) in [4.78, 5) is 42.7. The number of pyridine rings is 1. The number of nitrogens with zero attached hydrogens (tertiary/aromatic N) is 3. The van der Waals surface area contributed by atoms with Gasteiger partial charge in [0.15, 0.2) is 5.43 Å². The van der Waals surface area contributed by atoms with Crippen LogP contribution in [0.25, 0.3) is 10.9 Å². The topological polar surface area (TPSA) is 99.7 Å². The number of benzene rings is 1. The van der Waals surface area contributed by atoms with E-state index in [1.807, 2.05) is 30.3 Å². The van der Waals surface area contributed by atoms with Crippen molar-refractivity contribution in [3.05, 3.63) is 69.8 Å². The third-order valence-electron chi connectivity index (χ3n) is 5.12. The van der Waals surface area contributed by atoms with E-state index in [-0.39, 0.29) is 23.7 Å². The molecular weight excluding hydrogens is 386 g/mol. The minimum Gasteiger partial charge on any atom is -0.383 e. The number of aromatic amines is 1. The van der Waals surface area contributed by atoms with Crippen LogP contribution >= 0.6 is 0 Å². The summed E-state index contributed by atoms with van der Waals surface area (Å²) in [6, 6.07) is 11.0. The Bertz CT molecular complexity index is 1130. The SMILES string of the molecule is COCCN1CN(C)n2cc(C(=O)NCc3cc4ccccc4[nH]3)c(=O)cc2C1=O. The lowest BCUT2D eigenvalue weighted by molar-refractivity contribution is 0.0634. The third kappa shape index (κ3) is 3.67. The first-order chi connectivity index (χ1) is 14.5. The molecule has 0 saturated heterocycles. The number of rotatable bonds is 6. The number of carbonyl (C=O) groups is 2. The summed E-state index contributed by atoms with van der Waals surface area (Å²) >= 11 is 0. The van der Waals surface area contributed by atoms with E-state index in [0.29, 0.717) is 19.8 Å². The van der Waals surface area contributed by atoms with Crippen molar-refractivity contribution in [1.82, 2.24) is 19.9 Å². The number of hydrogen-bond acceptors (Lipinski definition) is 5. The maximum Gasteiger partial charge on any atom is 0.274 e. The summed E-state index contributed by atoms with van der Waals surface area (Å²) in [6.07, 6.45) is 1.42. The summed E-state index contributed by atoms with van der Waals surface area (Å²) < 4.78 is 6.58. The Morgan fingerprint density at radius 3 is 2.80 bits per heavy atom.